The molecule has 1 fully saturated rings. The van der Waals surface area contributed by atoms with Crippen LogP contribution in [0.15, 0.2) is 70.8 Å². The molecule has 0 spiro atoms. The molecule has 1 aliphatic rings. The fourth-order valence-electron chi connectivity index (χ4n) is 2.79. The Morgan fingerprint density at radius 2 is 1.69 bits per heavy atom. The predicted octanol–water partition coefficient (Wildman–Crippen LogP) is 4.55. The molecule has 0 atom stereocenters. The summed E-state index contributed by atoms with van der Waals surface area (Å²) in [7, 11) is 0. The molecular formula is C21H18ClN3O3S. The fourth-order valence-corrected chi connectivity index (χ4v) is 3.71. The molecular weight excluding hydrogens is 410 g/mol. The van der Waals surface area contributed by atoms with Crippen molar-refractivity contribution in [2.24, 2.45) is 0 Å². The minimum Gasteiger partial charge on any atom is -0.437 e. The van der Waals surface area contributed by atoms with Crippen molar-refractivity contribution in [1.82, 2.24) is 14.9 Å². The van der Waals surface area contributed by atoms with Gasteiger partial charge in [-0.1, -0.05) is 23.4 Å². The highest BCUT2D eigenvalue weighted by molar-refractivity contribution is 7.99. The van der Waals surface area contributed by atoms with Crippen LogP contribution in [-0.4, -0.2) is 47.1 Å². The molecule has 2 aromatic carbocycles. The monoisotopic (exact) mass is 427 g/mol. The van der Waals surface area contributed by atoms with Crippen molar-refractivity contribution in [3.05, 3.63) is 71.5 Å². The van der Waals surface area contributed by atoms with Gasteiger partial charge in [0, 0.05) is 41.0 Å². The van der Waals surface area contributed by atoms with E-state index in [9.17, 15) is 4.79 Å². The van der Waals surface area contributed by atoms with Gasteiger partial charge in [-0.15, -0.1) is 0 Å². The zero-order valence-corrected chi connectivity index (χ0v) is 17.0. The third-order valence-electron chi connectivity index (χ3n) is 4.28. The molecule has 8 heteroatoms. The Kier molecular flexibility index (Phi) is 6.29. The van der Waals surface area contributed by atoms with E-state index < -0.39 is 0 Å². The molecule has 0 unspecified atom stereocenters. The molecule has 29 heavy (non-hydrogen) atoms. The van der Waals surface area contributed by atoms with Gasteiger partial charge in [-0.3, -0.25) is 4.79 Å². The second kappa shape index (κ2) is 9.26. The van der Waals surface area contributed by atoms with Crippen molar-refractivity contribution < 1.29 is 14.3 Å². The highest BCUT2D eigenvalue weighted by atomic mass is 35.5. The molecule has 4 rings (SSSR count). The lowest BCUT2D eigenvalue weighted by Crippen LogP contribution is -2.40. The molecule has 3 aromatic rings. The number of benzene rings is 2. The zero-order valence-electron chi connectivity index (χ0n) is 15.5. The predicted molar refractivity (Wildman–Crippen MR) is 111 cm³/mol. The third-order valence-corrected chi connectivity index (χ3v) is 5.51. The molecule has 0 radical (unpaired) electrons. The Morgan fingerprint density at radius 1 is 1.00 bits per heavy atom. The first-order valence-corrected chi connectivity index (χ1v) is 10.3. The molecule has 1 aliphatic heterocycles. The van der Waals surface area contributed by atoms with Crippen LogP contribution >= 0.6 is 23.4 Å². The number of morpholine rings is 1. The number of halogens is 1. The number of ether oxygens (including phenoxy) is 2. The number of carbonyl (C=O) groups is 1. The van der Waals surface area contributed by atoms with Crippen LogP contribution in [0.1, 0.15) is 10.4 Å². The largest absolute Gasteiger partial charge is 0.437 e. The van der Waals surface area contributed by atoms with E-state index in [0.717, 1.165) is 4.90 Å². The van der Waals surface area contributed by atoms with E-state index in [1.165, 1.54) is 11.8 Å². The summed E-state index contributed by atoms with van der Waals surface area (Å²) in [6, 6.07) is 14.5. The van der Waals surface area contributed by atoms with Crippen molar-refractivity contribution in [1.29, 1.82) is 0 Å². The van der Waals surface area contributed by atoms with Gasteiger partial charge in [-0.05, 0) is 48.5 Å². The molecule has 148 valence electrons. The van der Waals surface area contributed by atoms with E-state index in [-0.39, 0.29) is 5.91 Å². The number of carbonyl (C=O) groups excluding carboxylic acids is 1. The average molecular weight is 428 g/mol. The number of rotatable bonds is 5. The Labute approximate surface area is 177 Å². The number of hydrogen-bond donors (Lipinski definition) is 0. The van der Waals surface area contributed by atoms with Gasteiger partial charge >= 0.3 is 0 Å². The summed E-state index contributed by atoms with van der Waals surface area (Å²) in [6.07, 6.45) is 3.20. The van der Waals surface area contributed by atoms with Crippen LogP contribution in [0.25, 0.3) is 0 Å². The van der Waals surface area contributed by atoms with Gasteiger partial charge in [-0.25, -0.2) is 9.97 Å². The quantitative estimate of drug-likeness (QED) is 0.595. The summed E-state index contributed by atoms with van der Waals surface area (Å²) in [5.74, 6) is 0.986. The SMILES string of the molecule is O=C(c1ccc(Oc2nccnc2Sc2ccc(Cl)cc2)cc1)N1CCOCC1. The normalized spacial score (nSPS) is 13.9. The lowest BCUT2D eigenvalue weighted by molar-refractivity contribution is 0.0303. The minimum absolute atomic E-state index is 0.00154. The maximum absolute atomic E-state index is 12.5. The van der Waals surface area contributed by atoms with E-state index in [0.29, 0.717) is 53.5 Å². The molecule has 6 nitrogen and oxygen atoms in total. The van der Waals surface area contributed by atoms with Gasteiger partial charge in [0.05, 0.1) is 13.2 Å². The molecule has 0 bridgehead atoms. The summed E-state index contributed by atoms with van der Waals surface area (Å²) < 4.78 is 11.2. The summed E-state index contributed by atoms with van der Waals surface area (Å²) >= 11 is 7.38. The van der Waals surface area contributed by atoms with Gasteiger partial charge in [0.1, 0.15) is 5.75 Å². The van der Waals surface area contributed by atoms with Crippen molar-refractivity contribution in [3.63, 3.8) is 0 Å². The van der Waals surface area contributed by atoms with Gasteiger partial charge in [-0.2, -0.15) is 0 Å². The van der Waals surface area contributed by atoms with E-state index in [1.807, 2.05) is 24.3 Å². The zero-order chi connectivity index (χ0) is 20.1. The molecule has 0 saturated carbocycles. The van der Waals surface area contributed by atoms with E-state index in [2.05, 4.69) is 9.97 Å². The van der Waals surface area contributed by atoms with E-state index in [1.54, 1.807) is 41.6 Å². The van der Waals surface area contributed by atoms with E-state index in [4.69, 9.17) is 21.1 Å². The first-order chi connectivity index (χ1) is 14.2. The summed E-state index contributed by atoms with van der Waals surface area (Å²) in [5, 5.41) is 1.32. The van der Waals surface area contributed by atoms with Crippen LogP contribution in [0.2, 0.25) is 5.02 Å². The fraction of sp³-hybridized carbons (Fsp3) is 0.190. The lowest BCUT2D eigenvalue weighted by atomic mass is 10.2. The standard InChI is InChI=1S/C21H18ClN3O3S/c22-16-3-7-18(8-4-16)29-20-19(23-9-10-24-20)28-17-5-1-15(2-6-17)21(26)25-11-13-27-14-12-25/h1-10H,11-14H2. The van der Waals surface area contributed by atoms with Crippen LogP contribution in [0.3, 0.4) is 0 Å². The topological polar surface area (TPSA) is 64.5 Å². The maximum Gasteiger partial charge on any atom is 0.254 e. The summed E-state index contributed by atoms with van der Waals surface area (Å²) in [5.41, 5.74) is 0.620. The molecule has 1 aromatic heterocycles. The maximum atomic E-state index is 12.5. The van der Waals surface area contributed by atoms with Crippen LogP contribution in [0.5, 0.6) is 11.6 Å². The number of aromatic nitrogens is 2. The summed E-state index contributed by atoms with van der Waals surface area (Å²) in [6.45, 7) is 2.38. The lowest BCUT2D eigenvalue weighted by Gasteiger charge is -2.26. The second-order valence-electron chi connectivity index (χ2n) is 6.25. The van der Waals surface area contributed by atoms with Crippen molar-refractivity contribution in [2.75, 3.05) is 26.3 Å². The van der Waals surface area contributed by atoms with E-state index >= 15 is 0 Å². The van der Waals surface area contributed by atoms with Crippen LogP contribution < -0.4 is 4.74 Å². The highest BCUT2D eigenvalue weighted by Crippen LogP contribution is 2.34. The Balaban J connectivity index is 1.46. The number of amides is 1. The van der Waals surface area contributed by atoms with Gasteiger partial charge in [0.25, 0.3) is 11.8 Å². The van der Waals surface area contributed by atoms with Gasteiger partial charge < -0.3 is 14.4 Å². The average Bonchev–Trinajstić information content (AvgIpc) is 2.77. The smallest absolute Gasteiger partial charge is 0.254 e. The molecule has 2 heterocycles. The summed E-state index contributed by atoms with van der Waals surface area (Å²) in [4.78, 5) is 24.0. The number of nitrogens with zero attached hydrogens (tertiary/aromatic N) is 3. The van der Waals surface area contributed by atoms with Crippen molar-refractivity contribution in [2.45, 2.75) is 9.92 Å². The first kappa shape index (κ1) is 19.7. The van der Waals surface area contributed by atoms with Crippen molar-refractivity contribution >= 4 is 29.3 Å². The van der Waals surface area contributed by atoms with Gasteiger partial charge in [0.15, 0.2) is 5.03 Å². The van der Waals surface area contributed by atoms with Crippen LogP contribution in [-0.2, 0) is 4.74 Å². The Bertz CT molecular complexity index is 977. The number of hydrogen-bond acceptors (Lipinski definition) is 6. The Hall–Kier alpha value is -2.61. The van der Waals surface area contributed by atoms with Crippen molar-refractivity contribution in [3.8, 4) is 11.6 Å². The van der Waals surface area contributed by atoms with Crippen LogP contribution in [0.4, 0.5) is 0 Å². The first-order valence-electron chi connectivity index (χ1n) is 9.08. The molecule has 1 saturated heterocycles. The van der Waals surface area contributed by atoms with Crippen LogP contribution in [0, 0.1) is 0 Å². The molecule has 1 amide bonds. The van der Waals surface area contributed by atoms with Gasteiger partial charge in [0.2, 0.25) is 0 Å². The molecule has 0 aliphatic carbocycles. The second-order valence-corrected chi connectivity index (χ2v) is 7.75. The Morgan fingerprint density at radius 3 is 2.41 bits per heavy atom. The molecule has 0 N–H and O–H groups in total. The highest BCUT2D eigenvalue weighted by Gasteiger charge is 2.18. The third kappa shape index (κ3) is 5.06. The minimum atomic E-state index is -0.00154.